The van der Waals surface area contributed by atoms with Crippen molar-refractivity contribution in [1.29, 1.82) is 0 Å². The molecule has 0 aliphatic heterocycles. The lowest BCUT2D eigenvalue weighted by Crippen LogP contribution is -2.50. The van der Waals surface area contributed by atoms with Gasteiger partial charge in [0.05, 0.1) is 11.0 Å². The summed E-state index contributed by atoms with van der Waals surface area (Å²) < 4.78 is 1.66. The number of rotatable bonds is 7. The van der Waals surface area contributed by atoms with E-state index in [1.54, 1.807) is 23.6 Å². The number of benzene rings is 1. The molecule has 1 aromatic heterocycles. The van der Waals surface area contributed by atoms with E-state index in [2.05, 4.69) is 29.3 Å². The highest BCUT2D eigenvalue weighted by Gasteiger charge is 2.36. The number of nitrogens with one attached hydrogen (secondary N) is 1. The number of hydrogen-bond acceptors (Lipinski definition) is 5. The molecule has 0 bridgehead atoms. The van der Waals surface area contributed by atoms with E-state index in [0.717, 1.165) is 23.9 Å². The van der Waals surface area contributed by atoms with Crippen LogP contribution in [-0.4, -0.2) is 60.6 Å². The first-order valence-corrected chi connectivity index (χ1v) is 9.95. The molecular formula is C21H31N5O2. The number of likely N-dealkylation sites (N-methyl/N-ethyl adjacent to an activating group) is 1. The second-order valence-electron chi connectivity index (χ2n) is 8.13. The summed E-state index contributed by atoms with van der Waals surface area (Å²) in [4.78, 5) is 33.8. The monoisotopic (exact) mass is 385 g/mol. The summed E-state index contributed by atoms with van der Waals surface area (Å²) in [7, 11) is 7.78. The fourth-order valence-electron chi connectivity index (χ4n) is 4.07. The first kappa shape index (κ1) is 20.3. The Balaban J connectivity index is 1.73. The lowest BCUT2D eigenvalue weighted by Gasteiger charge is -2.36. The topological polar surface area (TPSA) is 70.5 Å². The van der Waals surface area contributed by atoms with E-state index in [-0.39, 0.29) is 23.4 Å². The summed E-state index contributed by atoms with van der Waals surface area (Å²) in [5, 5.41) is 3.10. The zero-order valence-corrected chi connectivity index (χ0v) is 17.4. The molecule has 7 nitrogen and oxygen atoms in total. The van der Waals surface area contributed by atoms with Crippen molar-refractivity contribution in [3.63, 3.8) is 0 Å². The van der Waals surface area contributed by atoms with Gasteiger partial charge < -0.3 is 19.7 Å². The van der Waals surface area contributed by atoms with Crippen LogP contribution in [0, 0.1) is 0 Å². The maximum Gasteiger partial charge on any atom is 0.293 e. The maximum absolute atomic E-state index is 12.9. The lowest BCUT2D eigenvalue weighted by atomic mass is 9.96. The average molecular weight is 386 g/mol. The van der Waals surface area contributed by atoms with Crippen LogP contribution >= 0.6 is 0 Å². The Morgan fingerprint density at radius 1 is 1.18 bits per heavy atom. The first-order valence-electron chi connectivity index (χ1n) is 9.95. The highest BCUT2D eigenvalue weighted by Crippen LogP contribution is 2.33. The normalized spacial score (nSPS) is 15.9. The van der Waals surface area contributed by atoms with Gasteiger partial charge in [-0.1, -0.05) is 25.0 Å². The van der Waals surface area contributed by atoms with Crippen molar-refractivity contribution in [2.24, 2.45) is 0 Å². The lowest BCUT2D eigenvalue weighted by molar-refractivity contribution is -0.121. The summed E-state index contributed by atoms with van der Waals surface area (Å²) in [5.74, 6) is 0.365. The zero-order valence-electron chi connectivity index (χ0n) is 17.4. The molecule has 1 saturated carbocycles. The number of anilines is 1. The Morgan fingerprint density at radius 3 is 2.50 bits per heavy atom. The van der Waals surface area contributed by atoms with Crippen LogP contribution < -0.4 is 15.8 Å². The van der Waals surface area contributed by atoms with Gasteiger partial charge in [0.2, 0.25) is 5.91 Å². The average Bonchev–Trinajstić information content (AvgIpc) is 3.15. The van der Waals surface area contributed by atoms with E-state index in [0.29, 0.717) is 18.9 Å². The van der Waals surface area contributed by atoms with Gasteiger partial charge in [-0.15, -0.1) is 0 Å². The molecule has 1 N–H and O–H groups in total. The van der Waals surface area contributed by atoms with Crippen molar-refractivity contribution in [2.75, 3.05) is 39.6 Å². The van der Waals surface area contributed by atoms with Gasteiger partial charge in [0.15, 0.2) is 5.82 Å². The quantitative estimate of drug-likeness (QED) is 0.788. The molecule has 152 valence electrons. The number of amides is 1. The van der Waals surface area contributed by atoms with Crippen molar-refractivity contribution in [3.8, 4) is 0 Å². The number of fused-ring (bicyclic) bond motifs is 1. The molecule has 2 aromatic rings. The van der Waals surface area contributed by atoms with E-state index >= 15 is 0 Å². The summed E-state index contributed by atoms with van der Waals surface area (Å²) in [5.41, 5.74) is 1.40. The minimum atomic E-state index is -0.169. The number of para-hydroxylation sites is 2. The number of nitrogens with zero attached hydrogens (tertiary/aromatic N) is 4. The Hall–Kier alpha value is -2.41. The van der Waals surface area contributed by atoms with E-state index in [4.69, 9.17) is 0 Å². The van der Waals surface area contributed by atoms with Gasteiger partial charge in [0.25, 0.3) is 5.56 Å². The number of aromatic nitrogens is 2. The van der Waals surface area contributed by atoms with Gasteiger partial charge in [-0.05, 0) is 39.1 Å². The first-order chi connectivity index (χ1) is 13.3. The molecule has 1 aromatic carbocycles. The van der Waals surface area contributed by atoms with Crippen molar-refractivity contribution in [1.82, 2.24) is 19.8 Å². The van der Waals surface area contributed by atoms with Gasteiger partial charge in [-0.2, -0.15) is 0 Å². The highest BCUT2D eigenvalue weighted by atomic mass is 16.2. The molecule has 1 aliphatic rings. The Bertz CT molecular complexity index is 897. The third kappa shape index (κ3) is 4.04. The minimum Gasteiger partial charge on any atom is -0.358 e. The number of hydrogen-bond donors (Lipinski definition) is 1. The third-order valence-corrected chi connectivity index (χ3v) is 5.92. The Morgan fingerprint density at radius 2 is 1.86 bits per heavy atom. The van der Waals surface area contributed by atoms with Crippen molar-refractivity contribution in [2.45, 2.75) is 44.2 Å². The van der Waals surface area contributed by atoms with E-state index in [1.165, 1.54) is 12.8 Å². The maximum atomic E-state index is 12.9. The SMILES string of the molecule is CN(C)c1nc2ccccc2n(CCC(=O)NCC2(N(C)C)CCCC2)c1=O. The van der Waals surface area contributed by atoms with Crippen LogP contribution in [0.25, 0.3) is 11.0 Å². The number of aryl methyl sites for hydroxylation is 1. The largest absolute Gasteiger partial charge is 0.358 e. The molecule has 1 aliphatic carbocycles. The van der Waals surface area contributed by atoms with Crippen molar-refractivity contribution in [3.05, 3.63) is 34.6 Å². The van der Waals surface area contributed by atoms with E-state index < -0.39 is 0 Å². The summed E-state index contributed by atoms with van der Waals surface area (Å²) >= 11 is 0. The van der Waals surface area contributed by atoms with Gasteiger partial charge in [0, 0.05) is 39.1 Å². The zero-order chi connectivity index (χ0) is 20.3. The van der Waals surface area contributed by atoms with Crippen molar-refractivity contribution < 1.29 is 4.79 Å². The van der Waals surface area contributed by atoms with Crippen LogP contribution in [-0.2, 0) is 11.3 Å². The fraction of sp³-hybridized carbons (Fsp3) is 0.571. The highest BCUT2D eigenvalue weighted by molar-refractivity contribution is 5.78. The van der Waals surface area contributed by atoms with Gasteiger partial charge >= 0.3 is 0 Å². The minimum absolute atomic E-state index is 0.0210. The van der Waals surface area contributed by atoms with Crippen LogP contribution in [0.2, 0.25) is 0 Å². The van der Waals surface area contributed by atoms with Crippen LogP contribution in [0.3, 0.4) is 0 Å². The Labute approximate surface area is 166 Å². The molecule has 3 rings (SSSR count). The van der Waals surface area contributed by atoms with Crippen LogP contribution in [0.5, 0.6) is 0 Å². The molecule has 28 heavy (non-hydrogen) atoms. The molecule has 0 unspecified atom stereocenters. The van der Waals surface area contributed by atoms with Gasteiger partial charge in [0.1, 0.15) is 0 Å². The molecule has 0 spiro atoms. The number of carbonyl (C=O) groups excluding carboxylic acids is 1. The standard InChI is InChI=1S/C21H31N5O2/c1-24(2)19-20(28)26(17-10-6-5-9-16(17)23-19)14-11-18(27)22-15-21(25(3)4)12-7-8-13-21/h5-6,9-10H,7-8,11-15H2,1-4H3,(H,22,27). The fourth-order valence-corrected chi connectivity index (χ4v) is 4.07. The summed E-state index contributed by atoms with van der Waals surface area (Å²) in [6.07, 6.45) is 4.91. The van der Waals surface area contributed by atoms with E-state index in [1.807, 2.05) is 24.3 Å². The van der Waals surface area contributed by atoms with Crippen LogP contribution in [0.4, 0.5) is 5.82 Å². The molecule has 1 amide bonds. The predicted octanol–water partition coefficient (Wildman–Crippen LogP) is 1.84. The number of carbonyl (C=O) groups is 1. The second-order valence-corrected chi connectivity index (χ2v) is 8.13. The van der Waals surface area contributed by atoms with Crippen LogP contribution in [0.15, 0.2) is 29.1 Å². The molecule has 0 radical (unpaired) electrons. The van der Waals surface area contributed by atoms with Crippen LogP contribution in [0.1, 0.15) is 32.1 Å². The molecule has 0 saturated heterocycles. The Kier molecular flexibility index (Phi) is 6.03. The summed E-state index contributed by atoms with van der Waals surface area (Å²) in [6.45, 7) is 0.997. The molecule has 1 fully saturated rings. The predicted molar refractivity (Wildman–Crippen MR) is 113 cm³/mol. The molecule has 0 atom stereocenters. The van der Waals surface area contributed by atoms with E-state index in [9.17, 15) is 9.59 Å². The second kappa shape index (κ2) is 8.31. The van der Waals surface area contributed by atoms with Gasteiger partial charge in [-0.3, -0.25) is 9.59 Å². The summed E-state index contributed by atoms with van der Waals surface area (Å²) in [6, 6.07) is 7.55. The molecule has 1 heterocycles. The smallest absolute Gasteiger partial charge is 0.293 e. The van der Waals surface area contributed by atoms with Gasteiger partial charge in [-0.25, -0.2) is 4.98 Å². The molecule has 7 heteroatoms. The van der Waals surface area contributed by atoms with Crippen molar-refractivity contribution >= 4 is 22.8 Å². The third-order valence-electron chi connectivity index (χ3n) is 5.92. The molecular weight excluding hydrogens is 354 g/mol.